The summed E-state index contributed by atoms with van der Waals surface area (Å²) >= 11 is 0. The Bertz CT molecular complexity index is 769. The number of nitrogens with zero attached hydrogens (tertiary/aromatic N) is 1. The van der Waals surface area contributed by atoms with Crippen LogP contribution in [0.5, 0.6) is 11.5 Å². The van der Waals surface area contributed by atoms with E-state index < -0.39 is 6.10 Å². The van der Waals surface area contributed by atoms with E-state index in [9.17, 15) is 9.90 Å². The minimum atomic E-state index is -0.564. The molecule has 0 saturated carbocycles. The quantitative estimate of drug-likeness (QED) is 0.931. The molecule has 3 rings (SSSR count). The first-order valence-electron chi connectivity index (χ1n) is 8.37. The second-order valence-corrected chi connectivity index (χ2v) is 6.31. The van der Waals surface area contributed by atoms with E-state index in [0.717, 1.165) is 17.7 Å². The van der Waals surface area contributed by atoms with Crippen LogP contribution in [-0.2, 0) is 11.2 Å². The molecule has 0 radical (unpaired) electrons. The van der Waals surface area contributed by atoms with Gasteiger partial charge < -0.3 is 14.7 Å². The molecule has 0 bridgehead atoms. The molecule has 0 spiro atoms. The molecule has 0 aromatic heterocycles. The summed E-state index contributed by atoms with van der Waals surface area (Å²) in [5.74, 6) is 0.694. The first kappa shape index (κ1) is 16.4. The van der Waals surface area contributed by atoms with Crippen molar-refractivity contribution in [3.63, 3.8) is 0 Å². The number of amides is 1. The molecule has 4 heteroatoms. The molecule has 126 valence electrons. The Morgan fingerprint density at radius 1 is 1.21 bits per heavy atom. The highest BCUT2D eigenvalue weighted by atomic mass is 16.5. The lowest BCUT2D eigenvalue weighted by Gasteiger charge is -2.34. The molecule has 1 aliphatic rings. The summed E-state index contributed by atoms with van der Waals surface area (Å²) in [6.45, 7) is 6.83. The number of ether oxygens (including phenoxy) is 1. The lowest BCUT2D eigenvalue weighted by molar-refractivity contribution is -0.126. The van der Waals surface area contributed by atoms with Crippen LogP contribution in [-0.4, -0.2) is 23.7 Å². The Balaban J connectivity index is 1.94. The molecule has 1 atom stereocenters. The van der Waals surface area contributed by atoms with Gasteiger partial charge in [0.2, 0.25) is 0 Å². The minimum absolute atomic E-state index is 0.0176. The van der Waals surface area contributed by atoms with Gasteiger partial charge in [-0.25, -0.2) is 0 Å². The SMILES string of the molecule is CCCN1C(=O)C(Cc2cccc(C)c2C)Oc2cc(O)ccc21. The van der Waals surface area contributed by atoms with Crippen LogP contribution in [0.1, 0.15) is 30.0 Å². The predicted octanol–water partition coefficient (Wildman–Crippen LogP) is 3.76. The molecular weight excluding hydrogens is 302 g/mol. The number of aromatic hydroxyl groups is 1. The van der Waals surface area contributed by atoms with Gasteiger partial charge in [-0.05, 0) is 49.1 Å². The maximum atomic E-state index is 12.9. The van der Waals surface area contributed by atoms with Crippen molar-refractivity contribution in [1.29, 1.82) is 0 Å². The standard InChI is InChI=1S/C20H23NO3/c1-4-10-21-17-9-8-16(22)12-18(17)24-19(20(21)23)11-15-7-5-6-13(2)14(15)3/h5-9,12,19,22H,4,10-11H2,1-3H3. The van der Waals surface area contributed by atoms with E-state index >= 15 is 0 Å². The summed E-state index contributed by atoms with van der Waals surface area (Å²) in [6, 6.07) is 11.0. The number of hydrogen-bond donors (Lipinski definition) is 1. The number of benzene rings is 2. The second kappa shape index (κ2) is 6.56. The zero-order valence-electron chi connectivity index (χ0n) is 14.4. The number of hydrogen-bond acceptors (Lipinski definition) is 3. The molecule has 0 saturated heterocycles. The number of phenols is 1. The zero-order chi connectivity index (χ0) is 17.3. The molecule has 1 aliphatic heterocycles. The highest BCUT2D eigenvalue weighted by molar-refractivity contribution is 6.00. The third-order valence-electron chi connectivity index (χ3n) is 4.61. The molecule has 2 aromatic carbocycles. The van der Waals surface area contributed by atoms with Crippen LogP contribution < -0.4 is 9.64 Å². The Kier molecular flexibility index (Phi) is 4.47. The van der Waals surface area contributed by atoms with E-state index in [-0.39, 0.29) is 11.7 Å². The van der Waals surface area contributed by atoms with E-state index in [0.29, 0.717) is 18.7 Å². The summed E-state index contributed by atoms with van der Waals surface area (Å²) < 4.78 is 5.95. The fourth-order valence-corrected chi connectivity index (χ4v) is 3.13. The van der Waals surface area contributed by atoms with Crippen LogP contribution in [0, 0.1) is 13.8 Å². The molecule has 1 N–H and O–H groups in total. The lowest BCUT2D eigenvalue weighted by atomic mass is 9.97. The summed E-state index contributed by atoms with van der Waals surface area (Å²) in [6.07, 6.45) is 0.829. The normalized spacial score (nSPS) is 16.7. The van der Waals surface area contributed by atoms with Gasteiger partial charge in [0, 0.05) is 19.0 Å². The third kappa shape index (κ3) is 2.96. The summed E-state index contributed by atoms with van der Waals surface area (Å²) in [7, 11) is 0. The fraction of sp³-hybridized carbons (Fsp3) is 0.350. The van der Waals surface area contributed by atoms with Crippen molar-refractivity contribution in [3.8, 4) is 11.5 Å². The number of fused-ring (bicyclic) bond motifs is 1. The Morgan fingerprint density at radius 3 is 2.75 bits per heavy atom. The van der Waals surface area contributed by atoms with E-state index in [2.05, 4.69) is 19.9 Å². The van der Waals surface area contributed by atoms with Crippen molar-refractivity contribution >= 4 is 11.6 Å². The topological polar surface area (TPSA) is 49.8 Å². The van der Waals surface area contributed by atoms with Gasteiger partial charge in [-0.2, -0.15) is 0 Å². The van der Waals surface area contributed by atoms with Gasteiger partial charge in [0.25, 0.3) is 5.91 Å². The fourth-order valence-electron chi connectivity index (χ4n) is 3.13. The van der Waals surface area contributed by atoms with Crippen molar-refractivity contribution in [1.82, 2.24) is 0 Å². The van der Waals surface area contributed by atoms with Gasteiger partial charge in [0.15, 0.2) is 6.10 Å². The largest absolute Gasteiger partial charge is 0.508 e. The summed E-state index contributed by atoms with van der Waals surface area (Å²) in [5.41, 5.74) is 4.25. The smallest absolute Gasteiger partial charge is 0.268 e. The first-order chi connectivity index (χ1) is 11.5. The molecule has 1 unspecified atom stereocenters. The average Bonchev–Trinajstić information content (AvgIpc) is 2.55. The van der Waals surface area contributed by atoms with Crippen LogP contribution in [0.15, 0.2) is 36.4 Å². The van der Waals surface area contributed by atoms with Gasteiger partial charge in [0.05, 0.1) is 5.69 Å². The highest BCUT2D eigenvalue weighted by Gasteiger charge is 2.34. The van der Waals surface area contributed by atoms with Gasteiger partial charge in [0.1, 0.15) is 11.5 Å². The van der Waals surface area contributed by atoms with Gasteiger partial charge in [-0.1, -0.05) is 25.1 Å². The average molecular weight is 325 g/mol. The Morgan fingerprint density at radius 2 is 2.00 bits per heavy atom. The predicted molar refractivity (Wildman–Crippen MR) is 94.8 cm³/mol. The number of carbonyl (C=O) groups is 1. The maximum Gasteiger partial charge on any atom is 0.268 e. The van der Waals surface area contributed by atoms with Crippen molar-refractivity contribution in [3.05, 3.63) is 53.1 Å². The third-order valence-corrected chi connectivity index (χ3v) is 4.61. The monoisotopic (exact) mass is 325 g/mol. The van der Waals surface area contributed by atoms with Crippen LogP contribution in [0.3, 0.4) is 0 Å². The molecular formula is C20H23NO3. The van der Waals surface area contributed by atoms with E-state index in [1.54, 1.807) is 23.1 Å². The van der Waals surface area contributed by atoms with Gasteiger partial charge >= 0.3 is 0 Å². The van der Waals surface area contributed by atoms with Crippen molar-refractivity contribution in [2.75, 3.05) is 11.4 Å². The Labute approximate surface area is 142 Å². The second-order valence-electron chi connectivity index (χ2n) is 6.31. The zero-order valence-corrected chi connectivity index (χ0v) is 14.4. The van der Waals surface area contributed by atoms with Crippen LogP contribution in [0.25, 0.3) is 0 Å². The van der Waals surface area contributed by atoms with E-state index in [1.165, 1.54) is 11.1 Å². The number of anilines is 1. The summed E-state index contributed by atoms with van der Waals surface area (Å²) in [4.78, 5) is 14.7. The molecule has 1 heterocycles. The highest BCUT2D eigenvalue weighted by Crippen LogP contribution is 2.37. The van der Waals surface area contributed by atoms with Crippen molar-refractivity contribution in [2.24, 2.45) is 0 Å². The van der Waals surface area contributed by atoms with E-state index in [4.69, 9.17) is 4.74 Å². The minimum Gasteiger partial charge on any atom is -0.508 e. The number of rotatable bonds is 4. The molecule has 0 fully saturated rings. The Hall–Kier alpha value is -2.49. The lowest BCUT2D eigenvalue weighted by Crippen LogP contribution is -2.47. The molecule has 4 nitrogen and oxygen atoms in total. The van der Waals surface area contributed by atoms with Crippen molar-refractivity contribution < 1.29 is 14.6 Å². The molecule has 24 heavy (non-hydrogen) atoms. The summed E-state index contributed by atoms with van der Waals surface area (Å²) in [5, 5.41) is 9.74. The van der Waals surface area contributed by atoms with Gasteiger partial charge in [-0.3, -0.25) is 4.79 Å². The number of aryl methyl sites for hydroxylation is 1. The van der Waals surface area contributed by atoms with Crippen LogP contribution in [0.2, 0.25) is 0 Å². The molecule has 2 aromatic rings. The first-order valence-corrected chi connectivity index (χ1v) is 8.37. The number of carbonyl (C=O) groups excluding carboxylic acids is 1. The van der Waals surface area contributed by atoms with Crippen molar-refractivity contribution in [2.45, 2.75) is 39.7 Å². The van der Waals surface area contributed by atoms with E-state index in [1.807, 2.05) is 19.1 Å². The van der Waals surface area contributed by atoms with Crippen LogP contribution in [0.4, 0.5) is 5.69 Å². The van der Waals surface area contributed by atoms with Gasteiger partial charge in [-0.15, -0.1) is 0 Å². The number of phenolic OH excluding ortho intramolecular Hbond substituents is 1. The molecule has 0 aliphatic carbocycles. The maximum absolute atomic E-state index is 12.9. The van der Waals surface area contributed by atoms with Crippen LogP contribution >= 0.6 is 0 Å². The molecule has 1 amide bonds.